The highest BCUT2D eigenvalue weighted by atomic mass is 32.2. The van der Waals surface area contributed by atoms with E-state index in [1.165, 1.54) is 0 Å². The zero-order valence-corrected chi connectivity index (χ0v) is 31.7. The van der Waals surface area contributed by atoms with E-state index in [4.69, 9.17) is 9.47 Å². The lowest BCUT2D eigenvalue weighted by Gasteiger charge is -2.43. The summed E-state index contributed by atoms with van der Waals surface area (Å²) in [6.45, 7) is 26.7. The summed E-state index contributed by atoms with van der Waals surface area (Å²) in [4.78, 5) is 22.5. The average Bonchev–Trinajstić information content (AvgIpc) is 3.03. The minimum atomic E-state index is -0.226. The number of hydrogen-bond acceptors (Lipinski definition) is 7. The summed E-state index contributed by atoms with van der Waals surface area (Å²) in [6.07, 6.45) is 12.2. The van der Waals surface area contributed by atoms with Gasteiger partial charge in [0.25, 0.3) is 0 Å². The number of allylic oxidation sites excluding steroid dienone is 4. The Morgan fingerprint density at radius 1 is 1.07 bits per heavy atom. The Morgan fingerprint density at radius 2 is 1.71 bits per heavy atom. The summed E-state index contributed by atoms with van der Waals surface area (Å²) in [5.41, 5.74) is 1.99. The van der Waals surface area contributed by atoms with Crippen molar-refractivity contribution in [2.75, 3.05) is 48.2 Å². The van der Waals surface area contributed by atoms with E-state index in [1.807, 2.05) is 38.2 Å². The molecule has 8 heteroatoms. The van der Waals surface area contributed by atoms with Crippen LogP contribution in [-0.2, 0) is 14.3 Å². The molecule has 1 N–H and O–H groups in total. The zero-order valence-electron chi connectivity index (χ0n) is 30.9. The molecular weight excluding hydrogens is 580 g/mol. The van der Waals surface area contributed by atoms with E-state index in [-0.39, 0.29) is 48.1 Å². The minimum absolute atomic E-state index is 0.0914. The predicted molar refractivity (Wildman–Crippen MR) is 198 cm³/mol. The monoisotopic (exact) mass is 649 g/mol. The molecule has 0 aliphatic heterocycles. The van der Waals surface area contributed by atoms with Crippen LogP contribution in [0, 0.1) is 23.7 Å². The van der Waals surface area contributed by atoms with E-state index in [0.29, 0.717) is 18.8 Å². The van der Waals surface area contributed by atoms with Crippen LogP contribution in [-0.4, -0.2) is 93.3 Å². The smallest absolute Gasteiger partial charge is 0.224 e. The fourth-order valence-corrected chi connectivity index (χ4v) is 6.96. The number of likely N-dealkylation sites (N-methyl/N-ethyl adjacent to an activating group) is 1. The molecule has 260 valence electrons. The van der Waals surface area contributed by atoms with E-state index in [0.717, 1.165) is 48.5 Å². The second-order valence-corrected chi connectivity index (χ2v) is 13.5. The Balaban J connectivity index is 6.48. The van der Waals surface area contributed by atoms with E-state index in [9.17, 15) is 4.79 Å². The van der Waals surface area contributed by atoms with Gasteiger partial charge in [-0.15, -0.1) is 11.8 Å². The van der Waals surface area contributed by atoms with Crippen molar-refractivity contribution in [1.29, 1.82) is 0 Å². The van der Waals surface area contributed by atoms with Crippen LogP contribution in [0.5, 0.6) is 0 Å². The second kappa shape index (κ2) is 23.4. The molecule has 0 saturated heterocycles. The molecule has 0 spiro atoms. The van der Waals surface area contributed by atoms with Gasteiger partial charge in [0.1, 0.15) is 6.23 Å². The molecule has 0 aromatic rings. The Hall–Kier alpha value is -1.87. The van der Waals surface area contributed by atoms with Crippen molar-refractivity contribution in [3.8, 4) is 0 Å². The second-order valence-electron chi connectivity index (χ2n) is 12.6. The van der Waals surface area contributed by atoms with Crippen LogP contribution in [0.4, 0.5) is 0 Å². The van der Waals surface area contributed by atoms with Gasteiger partial charge in [0.15, 0.2) is 0 Å². The Labute approximate surface area is 282 Å². The summed E-state index contributed by atoms with van der Waals surface area (Å²) in [6, 6.07) is 0.0273. The average molecular weight is 649 g/mol. The van der Waals surface area contributed by atoms with E-state index in [1.54, 1.807) is 32.1 Å². The fourth-order valence-electron chi connectivity index (χ4n) is 6.18. The van der Waals surface area contributed by atoms with Gasteiger partial charge < -0.3 is 24.6 Å². The molecule has 0 heterocycles. The Kier molecular flexibility index (Phi) is 22.5. The molecule has 7 nitrogen and oxygen atoms in total. The van der Waals surface area contributed by atoms with Gasteiger partial charge in [0, 0.05) is 71.3 Å². The molecular formula is C37H68N4O3S. The number of methoxy groups -OCH3 is 2. The first kappa shape index (κ1) is 43.1. The van der Waals surface area contributed by atoms with Crippen molar-refractivity contribution >= 4 is 22.7 Å². The summed E-state index contributed by atoms with van der Waals surface area (Å²) < 4.78 is 12.5. The third kappa shape index (κ3) is 13.8. The summed E-state index contributed by atoms with van der Waals surface area (Å²) >= 11 is 1.68. The summed E-state index contributed by atoms with van der Waals surface area (Å²) in [5, 5.41) is 4.39. The molecule has 0 saturated carbocycles. The highest BCUT2D eigenvalue weighted by Crippen LogP contribution is 2.34. The maximum Gasteiger partial charge on any atom is 0.224 e. The summed E-state index contributed by atoms with van der Waals surface area (Å²) in [5.74, 6) is 0.938. The molecule has 7 unspecified atom stereocenters. The molecule has 0 rings (SSSR count). The van der Waals surface area contributed by atoms with Gasteiger partial charge in [-0.1, -0.05) is 97.9 Å². The highest BCUT2D eigenvalue weighted by molar-refractivity contribution is 8.13. The van der Waals surface area contributed by atoms with Crippen LogP contribution >= 0.6 is 11.8 Å². The highest BCUT2D eigenvalue weighted by Gasteiger charge is 2.37. The first-order valence-electron chi connectivity index (χ1n) is 16.7. The fraction of sp³-hybridized carbons (Fsp3) is 0.730. The van der Waals surface area contributed by atoms with Crippen LogP contribution in [0.25, 0.3) is 0 Å². The van der Waals surface area contributed by atoms with Crippen molar-refractivity contribution in [3.05, 3.63) is 49.2 Å². The van der Waals surface area contributed by atoms with Crippen molar-refractivity contribution in [2.24, 2.45) is 28.7 Å². The van der Waals surface area contributed by atoms with Crippen molar-refractivity contribution < 1.29 is 14.3 Å². The number of nitrogens with zero attached hydrogens (tertiary/aromatic N) is 3. The number of carbonyl (C=O) groups excluding carboxylic acids is 1. The molecule has 1 amide bonds. The van der Waals surface area contributed by atoms with Crippen LogP contribution in [0.2, 0.25) is 0 Å². The third-order valence-corrected chi connectivity index (χ3v) is 10.2. The molecule has 0 bridgehead atoms. The van der Waals surface area contributed by atoms with E-state index < -0.39 is 0 Å². The molecule has 0 fully saturated rings. The zero-order chi connectivity index (χ0) is 34.7. The molecule has 7 atom stereocenters. The lowest BCUT2D eigenvalue weighted by Crippen LogP contribution is -2.52. The van der Waals surface area contributed by atoms with Crippen molar-refractivity contribution in [1.82, 2.24) is 15.1 Å². The number of nitrogens with one attached hydrogen (secondary N) is 1. The first-order chi connectivity index (χ1) is 21.3. The van der Waals surface area contributed by atoms with E-state index >= 15 is 0 Å². The van der Waals surface area contributed by atoms with E-state index in [2.05, 4.69) is 82.7 Å². The quantitative estimate of drug-likeness (QED) is 0.0498. The Bertz CT molecular complexity index is 950. The molecule has 0 aliphatic carbocycles. The Morgan fingerprint density at radius 3 is 2.16 bits per heavy atom. The van der Waals surface area contributed by atoms with Gasteiger partial charge in [-0.25, -0.2) is 0 Å². The summed E-state index contributed by atoms with van der Waals surface area (Å²) in [7, 11) is 9.26. The van der Waals surface area contributed by atoms with Crippen LogP contribution in [0.1, 0.15) is 80.1 Å². The third-order valence-electron chi connectivity index (χ3n) is 9.25. The number of rotatable bonds is 24. The van der Waals surface area contributed by atoms with Gasteiger partial charge >= 0.3 is 0 Å². The molecule has 0 radical (unpaired) electrons. The van der Waals surface area contributed by atoms with Crippen LogP contribution in [0.15, 0.2) is 54.2 Å². The lowest BCUT2D eigenvalue weighted by atomic mass is 9.86. The molecule has 45 heavy (non-hydrogen) atoms. The molecule has 0 aromatic carbocycles. The first-order valence-corrected chi connectivity index (χ1v) is 18.0. The number of hydrogen-bond donors (Lipinski definition) is 1. The van der Waals surface area contributed by atoms with Gasteiger partial charge in [0.2, 0.25) is 5.91 Å². The van der Waals surface area contributed by atoms with Crippen molar-refractivity contribution in [3.63, 3.8) is 0 Å². The predicted octanol–water partition coefficient (Wildman–Crippen LogP) is 7.82. The van der Waals surface area contributed by atoms with Crippen LogP contribution in [0.3, 0.4) is 0 Å². The number of carbonyl (C=O) groups is 1. The number of unbranched alkanes of at least 4 members (excludes halogenated alkanes) is 1. The van der Waals surface area contributed by atoms with Crippen molar-refractivity contribution in [2.45, 2.75) is 104 Å². The molecule has 0 aromatic heterocycles. The number of thioether (sulfide) groups is 1. The van der Waals surface area contributed by atoms with Gasteiger partial charge in [0.05, 0.1) is 17.2 Å². The van der Waals surface area contributed by atoms with Crippen LogP contribution < -0.4 is 5.32 Å². The van der Waals surface area contributed by atoms with Gasteiger partial charge in [-0.05, 0) is 38.0 Å². The minimum Gasteiger partial charge on any atom is -0.379 e. The topological polar surface area (TPSA) is 66.4 Å². The maximum atomic E-state index is 13.6. The molecule has 0 aliphatic rings. The van der Waals surface area contributed by atoms with Gasteiger partial charge in [-0.3, -0.25) is 9.79 Å². The largest absolute Gasteiger partial charge is 0.379 e. The number of aliphatic imine (C=N–C) groups is 1. The standard InChI is InChI=1S/C37H68N4O3S/c1-16-19-21-27(6)23-31(36(39-11)45-15)30(9)37(44-14)41(22-20-17-2)29(8)24-33(43-13)35(28(7)18-3)40(12)34(42)25-32(38-10)26(4)5/h16,19,21,26,28,30-33,35,37-38H,1,6,8,17-18,20,22-25H2,2-5,7,9-15H3/b21-19-,39-36?. The normalized spacial score (nSPS) is 17.0. The number of amides is 1. The van der Waals surface area contributed by atoms with Gasteiger partial charge in [-0.2, -0.15) is 0 Å². The SMILES string of the molecule is C=C/C=C\C(=C)CC(C(=NC)SC)C(C)C(OC)N(CCCC)C(=C)CC(OC)C(C(C)CC)N(C)C(=O)CC(NC)C(C)C. The number of ether oxygens (including phenoxy) is 2. The lowest BCUT2D eigenvalue weighted by molar-refractivity contribution is -0.137. The maximum absolute atomic E-state index is 13.6.